The molecule has 9 nitrogen and oxygen atoms in total. The number of hydrogen-bond acceptors (Lipinski definition) is 6. The quantitative estimate of drug-likeness (QED) is 0.555. The van der Waals surface area contributed by atoms with Crippen LogP contribution in [0.1, 0.15) is 16.1 Å². The second-order valence-electron chi connectivity index (χ2n) is 4.16. The van der Waals surface area contributed by atoms with Crippen LogP contribution in [0.2, 0.25) is 0 Å². The number of aromatic hydroxyl groups is 2. The molecule has 21 heavy (non-hydrogen) atoms. The van der Waals surface area contributed by atoms with Gasteiger partial charge in [0, 0.05) is 0 Å². The molecule has 2 aromatic rings. The predicted octanol–water partition coefficient (Wildman–Crippen LogP) is -0.296. The van der Waals surface area contributed by atoms with Crippen LogP contribution in [0.25, 0.3) is 0 Å². The van der Waals surface area contributed by atoms with Crippen LogP contribution >= 0.6 is 0 Å². The standard InChI is InChI=1S/C12H12N4O5/c17-9-3-1-2-8(11(9)20)12(21)13-4-7-5-16(15-14-7)6-10(18)19/h1-3,5,17,20H,4,6H2,(H,13,21)(H,18,19). The van der Waals surface area contributed by atoms with Crippen LogP contribution in [-0.4, -0.2) is 42.2 Å². The predicted molar refractivity (Wildman–Crippen MR) is 68.6 cm³/mol. The fourth-order valence-electron chi connectivity index (χ4n) is 1.62. The van der Waals surface area contributed by atoms with Crippen molar-refractivity contribution >= 4 is 11.9 Å². The van der Waals surface area contributed by atoms with Crippen molar-refractivity contribution in [1.82, 2.24) is 20.3 Å². The van der Waals surface area contributed by atoms with E-state index in [2.05, 4.69) is 15.6 Å². The van der Waals surface area contributed by atoms with Crippen molar-refractivity contribution in [3.05, 3.63) is 35.7 Å². The van der Waals surface area contributed by atoms with Crippen LogP contribution in [0.3, 0.4) is 0 Å². The van der Waals surface area contributed by atoms with Crippen molar-refractivity contribution in [3.8, 4) is 11.5 Å². The first-order chi connectivity index (χ1) is 9.97. The van der Waals surface area contributed by atoms with Crippen molar-refractivity contribution in [2.75, 3.05) is 0 Å². The van der Waals surface area contributed by atoms with Crippen LogP contribution in [0.4, 0.5) is 0 Å². The molecule has 0 fully saturated rings. The van der Waals surface area contributed by atoms with Crippen LogP contribution < -0.4 is 5.32 Å². The van der Waals surface area contributed by atoms with E-state index in [4.69, 9.17) is 5.11 Å². The summed E-state index contributed by atoms with van der Waals surface area (Å²) in [6.45, 7) is -0.318. The number of rotatable bonds is 5. The van der Waals surface area contributed by atoms with Gasteiger partial charge in [0.05, 0.1) is 18.3 Å². The molecule has 1 amide bonds. The summed E-state index contributed by atoms with van der Waals surface area (Å²) in [5.41, 5.74) is 0.289. The van der Waals surface area contributed by atoms with E-state index < -0.39 is 23.4 Å². The number of hydrogen-bond donors (Lipinski definition) is 4. The molecule has 1 aromatic heterocycles. The number of carboxylic acid groups (broad SMARTS) is 1. The van der Waals surface area contributed by atoms with Gasteiger partial charge in [0.2, 0.25) is 0 Å². The van der Waals surface area contributed by atoms with E-state index in [1.54, 1.807) is 0 Å². The molecule has 0 unspecified atom stereocenters. The Morgan fingerprint density at radius 1 is 1.29 bits per heavy atom. The van der Waals surface area contributed by atoms with E-state index in [1.165, 1.54) is 24.4 Å². The molecule has 0 bridgehead atoms. The molecule has 2 rings (SSSR count). The van der Waals surface area contributed by atoms with Crippen molar-refractivity contribution in [2.24, 2.45) is 0 Å². The average Bonchev–Trinajstić information content (AvgIpc) is 2.86. The molecule has 0 saturated carbocycles. The number of carbonyl (C=O) groups excluding carboxylic acids is 1. The minimum atomic E-state index is -1.06. The lowest BCUT2D eigenvalue weighted by Gasteiger charge is -2.06. The van der Waals surface area contributed by atoms with Gasteiger partial charge in [-0.15, -0.1) is 5.10 Å². The number of nitrogens with one attached hydrogen (secondary N) is 1. The summed E-state index contributed by atoms with van der Waals surface area (Å²) >= 11 is 0. The maximum atomic E-state index is 11.8. The smallest absolute Gasteiger partial charge is 0.325 e. The maximum Gasteiger partial charge on any atom is 0.325 e. The van der Waals surface area contributed by atoms with Crippen LogP contribution in [0.15, 0.2) is 24.4 Å². The third kappa shape index (κ3) is 3.47. The van der Waals surface area contributed by atoms with Gasteiger partial charge in [0.15, 0.2) is 11.5 Å². The fourth-order valence-corrected chi connectivity index (χ4v) is 1.62. The zero-order valence-corrected chi connectivity index (χ0v) is 10.7. The maximum absolute atomic E-state index is 11.8. The Morgan fingerprint density at radius 3 is 2.76 bits per heavy atom. The Balaban J connectivity index is 1.99. The van der Waals surface area contributed by atoms with Crippen molar-refractivity contribution < 1.29 is 24.9 Å². The molecule has 0 aliphatic rings. The zero-order valence-electron chi connectivity index (χ0n) is 10.7. The number of carboxylic acids is 1. The number of aliphatic carboxylic acids is 1. The number of amides is 1. The van der Waals surface area contributed by atoms with Gasteiger partial charge in [0.25, 0.3) is 5.91 Å². The number of phenolic OH excluding ortho intramolecular Hbond substituents is 2. The van der Waals surface area contributed by atoms with Gasteiger partial charge in [-0.05, 0) is 12.1 Å². The van der Waals surface area contributed by atoms with Gasteiger partial charge < -0.3 is 20.6 Å². The molecule has 1 aromatic carbocycles. The average molecular weight is 292 g/mol. The van der Waals surface area contributed by atoms with Crippen molar-refractivity contribution in [1.29, 1.82) is 0 Å². The second-order valence-corrected chi connectivity index (χ2v) is 4.16. The monoisotopic (exact) mass is 292 g/mol. The first-order valence-electron chi connectivity index (χ1n) is 5.87. The van der Waals surface area contributed by atoms with E-state index in [0.717, 1.165) is 4.68 Å². The van der Waals surface area contributed by atoms with Gasteiger partial charge in [-0.1, -0.05) is 11.3 Å². The Hall–Kier alpha value is -3.10. The molecule has 110 valence electrons. The molecule has 0 spiro atoms. The van der Waals surface area contributed by atoms with Gasteiger partial charge >= 0.3 is 5.97 Å². The lowest BCUT2D eigenvalue weighted by molar-refractivity contribution is -0.137. The largest absolute Gasteiger partial charge is 0.504 e. The van der Waals surface area contributed by atoms with Crippen LogP contribution in [0.5, 0.6) is 11.5 Å². The zero-order chi connectivity index (χ0) is 15.4. The first-order valence-corrected chi connectivity index (χ1v) is 5.87. The number of aromatic nitrogens is 3. The van der Waals surface area contributed by atoms with Gasteiger partial charge in [-0.25, -0.2) is 4.68 Å². The highest BCUT2D eigenvalue weighted by atomic mass is 16.4. The number of nitrogens with zero attached hydrogens (tertiary/aromatic N) is 3. The summed E-state index contributed by atoms with van der Waals surface area (Å²) in [4.78, 5) is 22.3. The summed E-state index contributed by atoms with van der Waals surface area (Å²) in [6, 6.07) is 4.03. The van der Waals surface area contributed by atoms with Gasteiger partial charge in [-0.3, -0.25) is 9.59 Å². The summed E-state index contributed by atoms with van der Waals surface area (Å²) < 4.78 is 1.12. The fraction of sp³-hybridized carbons (Fsp3) is 0.167. The molecule has 0 saturated heterocycles. The van der Waals surface area contributed by atoms with E-state index in [9.17, 15) is 19.8 Å². The third-order valence-corrected chi connectivity index (χ3v) is 2.57. The van der Waals surface area contributed by atoms with E-state index in [0.29, 0.717) is 5.69 Å². The lowest BCUT2D eigenvalue weighted by Crippen LogP contribution is -2.23. The first kappa shape index (κ1) is 14.3. The van der Waals surface area contributed by atoms with Crippen molar-refractivity contribution in [2.45, 2.75) is 13.1 Å². The number of carbonyl (C=O) groups is 2. The second kappa shape index (κ2) is 5.90. The molecule has 0 aliphatic heterocycles. The summed E-state index contributed by atoms with van der Waals surface area (Å²) in [5, 5.41) is 37.2. The Labute approximate surface area is 118 Å². The highest BCUT2D eigenvalue weighted by Gasteiger charge is 2.14. The molecule has 4 N–H and O–H groups in total. The molecule has 1 heterocycles. The SMILES string of the molecule is O=C(O)Cn1cc(CNC(=O)c2cccc(O)c2O)nn1. The highest BCUT2D eigenvalue weighted by molar-refractivity contribution is 5.97. The summed E-state index contributed by atoms with van der Waals surface area (Å²) in [5.74, 6) is -2.56. The number of phenols is 2. The minimum Gasteiger partial charge on any atom is -0.504 e. The van der Waals surface area contributed by atoms with Crippen LogP contribution in [0, 0.1) is 0 Å². The summed E-state index contributed by atoms with van der Waals surface area (Å²) in [6.07, 6.45) is 1.39. The molecule has 0 atom stereocenters. The topological polar surface area (TPSA) is 138 Å². The molecule has 0 radical (unpaired) electrons. The van der Waals surface area contributed by atoms with Gasteiger partial charge in [-0.2, -0.15) is 0 Å². The van der Waals surface area contributed by atoms with E-state index >= 15 is 0 Å². The Morgan fingerprint density at radius 2 is 2.05 bits per heavy atom. The van der Waals surface area contributed by atoms with E-state index in [1.807, 2.05) is 0 Å². The van der Waals surface area contributed by atoms with E-state index in [-0.39, 0.29) is 18.7 Å². The Bertz CT molecular complexity index is 682. The molecular weight excluding hydrogens is 280 g/mol. The van der Waals surface area contributed by atoms with Gasteiger partial charge in [0.1, 0.15) is 12.2 Å². The van der Waals surface area contributed by atoms with Crippen molar-refractivity contribution in [3.63, 3.8) is 0 Å². The number of para-hydroxylation sites is 1. The summed E-state index contributed by atoms with van der Waals surface area (Å²) in [7, 11) is 0. The van der Waals surface area contributed by atoms with Crippen LogP contribution in [-0.2, 0) is 17.9 Å². The molecular formula is C12H12N4O5. The minimum absolute atomic E-state index is 0.00749. The third-order valence-electron chi connectivity index (χ3n) is 2.57. The highest BCUT2D eigenvalue weighted by Crippen LogP contribution is 2.27. The molecule has 9 heteroatoms. The normalized spacial score (nSPS) is 10.3. The lowest BCUT2D eigenvalue weighted by atomic mass is 10.1. The Kier molecular flexibility index (Phi) is 4.02. The molecule has 0 aliphatic carbocycles. The number of benzene rings is 1.